The predicted octanol–water partition coefficient (Wildman–Crippen LogP) is 4.91. The summed E-state index contributed by atoms with van der Waals surface area (Å²) in [6.07, 6.45) is 0. The van der Waals surface area contributed by atoms with Gasteiger partial charge in [0.25, 0.3) is 5.91 Å². The molecule has 0 spiro atoms. The van der Waals surface area contributed by atoms with Crippen molar-refractivity contribution in [2.75, 3.05) is 7.11 Å². The van der Waals surface area contributed by atoms with Crippen LogP contribution in [0.1, 0.15) is 39.0 Å². The number of carboxylic acid groups (broad SMARTS) is 1. The first-order valence-corrected chi connectivity index (χ1v) is 9.88. The van der Waals surface area contributed by atoms with Crippen molar-refractivity contribution in [3.05, 3.63) is 100 Å². The molecule has 4 rings (SSSR count). The number of halogens is 1. The Hall–Kier alpha value is -3.31. The molecule has 152 valence electrons. The summed E-state index contributed by atoms with van der Waals surface area (Å²) in [5, 5.41) is 10.7. The van der Waals surface area contributed by atoms with Gasteiger partial charge in [0.05, 0.1) is 13.2 Å². The Morgan fingerprint density at radius 1 is 1.03 bits per heavy atom. The molecule has 1 aliphatic rings. The highest BCUT2D eigenvalue weighted by molar-refractivity contribution is 6.30. The lowest BCUT2D eigenvalue weighted by atomic mass is 9.79. The minimum Gasteiger partial charge on any atom is -0.497 e. The van der Waals surface area contributed by atoms with Gasteiger partial charge in [-0.15, -0.1) is 0 Å². The van der Waals surface area contributed by atoms with Crippen molar-refractivity contribution in [1.82, 2.24) is 4.90 Å². The van der Waals surface area contributed by atoms with Crippen molar-refractivity contribution in [3.8, 4) is 5.75 Å². The molecule has 1 aliphatic heterocycles. The van der Waals surface area contributed by atoms with Gasteiger partial charge in [0.2, 0.25) is 0 Å². The van der Waals surface area contributed by atoms with Crippen LogP contribution in [0.4, 0.5) is 0 Å². The number of amides is 1. The largest absolute Gasteiger partial charge is 0.497 e. The quantitative estimate of drug-likeness (QED) is 0.635. The van der Waals surface area contributed by atoms with Gasteiger partial charge in [-0.1, -0.05) is 54.1 Å². The number of carbonyl (C=O) groups excluding carboxylic acids is 1. The number of nitrogens with zero attached hydrogens (tertiary/aromatic N) is 1. The average Bonchev–Trinajstić information content (AvgIpc) is 2.76. The number of ether oxygens (including phenoxy) is 1. The van der Waals surface area contributed by atoms with E-state index in [1.165, 1.54) is 0 Å². The van der Waals surface area contributed by atoms with Crippen LogP contribution in [0.15, 0.2) is 72.8 Å². The summed E-state index contributed by atoms with van der Waals surface area (Å²) in [7, 11) is 1.57. The molecular formula is C24H20ClNO4. The maximum absolute atomic E-state index is 13.4. The standard InChI is InChI=1S/C24H20ClNO4/c1-30-18-12-8-16(9-13-18)22-21(24(28)29)19-4-2-3-5-20(19)23(27)26(22)14-15-6-10-17(25)11-7-15/h2-13,21-22H,14H2,1H3,(H,28,29)/t21-,22+/m1/s1. The van der Waals surface area contributed by atoms with Gasteiger partial charge >= 0.3 is 5.97 Å². The normalized spacial score (nSPS) is 18.1. The summed E-state index contributed by atoms with van der Waals surface area (Å²) >= 11 is 6.00. The second kappa shape index (κ2) is 8.20. The van der Waals surface area contributed by atoms with Crippen LogP contribution in [-0.4, -0.2) is 29.0 Å². The Labute approximate surface area is 179 Å². The van der Waals surface area contributed by atoms with E-state index < -0.39 is 17.9 Å². The van der Waals surface area contributed by atoms with E-state index in [1.807, 2.05) is 24.3 Å². The summed E-state index contributed by atoms with van der Waals surface area (Å²) in [5.74, 6) is -1.40. The van der Waals surface area contributed by atoms with E-state index in [2.05, 4.69) is 0 Å². The lowest BCUT2D eigenvalue weighted by Crippen LogP contribution is -2.44. The van der Waals surface area contributed by atoms with Gasteiger partial charge in [-0.3, -0.25) is 9.59 Å². The average molecular weight is 422 g/mol. The molecule has 1 heterocycles. The zero-order valence-corrected chi connectivity index (χ0v) is 17.0. The number of carbonyl (C=O) groups is 2. The second-order valence-corrected chi connectivity index (χ2v) is 7.62. The van der Waals surface area contributed by atoms with Gasteiger partial charge in [-0.2, -0.15) is 0 Å². The maximum atomic E-state index is 13.4. The number of hydrogen-bond acceptors (Lipinski definition) is 3. The van der Waals surface area contributed by atoms with Crippen molar-refractivity contribution in [2.24, 2.45) is 0 Å². The van der Waals surface area contributed by atoms with Crippen LogP contribution in [0, 0.1) is 0 Å². The molecule has 3 aromatic carbocycles. The smallest absolute Gasteiger partial charge is 0.313 e. The molecule has 3 aromatic rings. The fourth-order valence-electron chi connectivity index (χ4n) is 3.99. The molecule has 1 amide bonds. The lowest BCUT2D eigenvalue weighted by molar-refractivity contribution is -0.140. The van der Waals surface area contributed by atoms with Crippen LogP contribution in [0.25, 0.3) is 0 Å². The minimum atomic E-state index is -0.975. The van der Waals surface area contributed by atoms with Crippen LogP contribution >= 0.6 is 11.6 Å². The van der Waals surface area contributed by atoms with Gasteiger partial charge in [-0.05, 0) is 47.0 Å². The first kappa shape index (κ1) is 20.0. The van der Waals surface area contributed by atoms with Gasteiger partial charge in [-0.25, -0.2) is 0 Å². The Bertz CT molecular complexity index is 1080. The van der Waals surface area contributed by atoms with E-state index in [9.17, 15) is 14.7 Å². The number of methoxy groups -OCH3 is 1. The van der Waals surface area contributed by atoms with Crippen LogP contribution in [0.3, 0.4) is 0 Å². The zero-order valence-electron chi connectivity index (χ0n) is 16.3. The third kappa shape index (κ3) is 3.64. The SMILES string of the molecule is COc1ccc([C@H]2[C@H](C(=O)O)c3ccccc3C(=O)N2Cc2ccc(Cl)cc2)cc1. The van der Waals surface area contributed by atoms with Gasteiger partial charge < -0.3 is 14.7 Å². The highest BCUT2D eigenvalue weighted by atomic mass is 35.5. The molecule has 0 bridgehead atoms. The molecule has 0 radical (unpaired) electrons. The molecule has 0 aromatic heterocycles. The summed E-state index contributed by atoms with van der Waals surface area (Å²) in [6, 6.07) is 20.7. The monoisotopic (exact) mass is 421 g/mol. The summed E-state index contributed by atoms with van der Waals surface area (Å²) in [6.45, 7) is 0.269. The fraction of sp³-hybridized carbons (Fsp3) is 0.167. The molecule has 0 fully saturated rings. The highest BCUT2D eigenvalue weighted by Crippen LogP contribution is 2.43. The number of benzene rings is 3. The zero-order chi connectivity index (χ0) is 21.3. The number of fused-ring (bicyclic) bond motifs is 1. The van der Waals surface area contributed by atoms with E-state index in [0.29, 0.717) is 21.9 Å². The molecule has 0 unspecified atom stereocenters. The molecule has 0 saturated heterocycles. The van der Waals surface area contributed by atoms with Gasteiger partial charge in [0.15, 0.2) is 0 Å². The minimum absolute atomic E-state index is 0.195. The number of hydrogen-bond donors (Lipinski definition) is 1. The van der Waals surface area contributed by atoms with Crippen molar-refractivity contribution >= 4 is 23.5 Å². The Morgan fingerprint density at radius 2 is 1.70 bits per heavy atom. The predicted molar refractivity (Wildman–Crippen MR) is 114 cm³/mol. The van der Waals surface area contributed by atoms with Crippen LogP contribution in [-0.2, 0) is 11.3 Å². The number of carboxylic acids is 1. The summed E-state index contributed by atoms with van der Waals surface area (Å²) < 4.78 is 5.23. The van der Waals surface area contributed by atoms with E-state index in [0.717, 1.165) is 11.1 Å². The Morgan fingerprint density at radius 3 is 2.33 bits per heavy atom. The third-order valence-corrected chi connectivity index (χ3v) is 5.68. The molecule has 1 N–H and O–H groups in total. The van der Waals surface area contributed by atoms with Crippen molar-refractivity contribution in [1.29, 1.82) is 0 Å². The molecule has 2 atom stereocenters. The van der Waals surface area contributed by atoms with E-state index in [1.54, 1.807) is 60.5 Å². The highest BCUT2D eigenvalue weighted by Gasteiger charge is 2.44. The van der Waals surface area contributed by atoms with Crippen molar-refractivity contribution in [2.45, 2.75) is 18.5 Å². The van der Waals surface area contributed by atoms with E-state index >= 15 is 0 Å². The molecule has 0 saturated carbocycles. The fourth-order valence-corrected chi connectivity index (χ4v) is 4.12. The van der Waals surface area contributed by atoms with Crippen LogP contribution < -0.4 is 4.74 Å². The van der Waals surface area contributed by atoms with E-state index in [4.69, 9.17) is 16.3 Å². The Balaban J connectivity index is 1.85. The lowest BCUT2D eigenvalue weighted by Gasteiger charge is -2.41. The molecule has 0 aliphatic carbocycles. The maximum Gasteiger partial charge on any atom is 0.313 e. The van der Waals surface area contributed by atoms with Gasteiger partial charge in [0, 0.05) is 17.1 Å². The summed E-state index contributed by atoms with van der Waals surface area (Å²) in [5.41, 5.74) is 2.56. The van der Waals surface area contributed by atoms with E-state index in [-0.39, 0.29) is 12.5 Å². The van der Waals surface area contributed by atoms with Crippen molar-refractivity contribution in [3.63, 3.8) is 0 Å². The summed E-state index contributed by atoms with van der Waals surface area (Å²) in [4.78, 5) is 27.5. The molecule has 30 heavy (non-hydrogen) atoms. The number of rotatable bonds is 5. The molecule has 6 heteroatoms. The first-order chi connectivity index (χ1) is 14.5. The Kier molecular flexibility index (Phi) is 5.46. The van der Waals surface area contributed by atoms with Crippen molar-refractivity contribution < 1.29 is 19.4 Å². The third-order valence-electron chi connectivity index (χ3n) is 5.43. The second-order valence-electron chi connectivity index (χ2n) is 7.18. The van der Waals surface area contributed by atoms with Gasteiger partial charge in [0.1, 0.15) is 11.7 Å². The van der Waals surface area contributed by atoms with Crippen LogP contribution in [0.5, 0.6) is 5.75 Å². The number of aliphatic carboxylic acids is 1. The molecular weight excluding hydrogens is 402 g/mol. The molecule has 5 nitrogen and oxygen atoms in total. The first-order valence-electron chi connectivity index (χ1n) is 9.50. The topological polar surface area (TPSA) is 66.8 Å². The van der Waals surface area contributed by atoms with Crippen LogP contribution in [0.2, 0.25) is 5.02 Å².